The molecule has 2 N–H and O–H groups in total. The molecule has 0 aliphatic rings. The lowest BCUT2D eigenvalue weighted by Gasteiger charge is -2.17. The molecule has 0 radical (unpaired) electrons. The molecule has 0 spiro atoms. The van der Waals surface area contributed by atoms with Crippen molar-refractivity contribution in [2.24, 2.45) is 0 Å². The van der Waals surface area contributed by atoms with Crippen molar-refractivity contribution in [1.29, 1.82) is 0 Å². The normalized spacial score (nSPS) is 12.5. The molecular weight excluding hydrogens is 403 g/mol. The lowest BCUT2D eigenvalue weighted by Crippen LogP contribution is -2.14. The van der Waals surface area contributed by atoms with Crippen LogP contribution in [0.1, 0.15) is 23.3 Å². The van der Waals surface area contributed by atoms with Crippen molar-refractivity contribution in [3.05, 3.63) is 52.5 Å². The average Bonchev–Trinajstić information content (AvgIpc) is 2.59. The van der Waals surface area contributed by atoms with E-state index in [1.807, 2.05) is 0 Å². The van der Waals surface area contributed by atoms with Gasteiger partial charge in [0.1, 0.15) is 16.7 Å². The van der Waals surface area contributed by atoms with Gasteiger partial charge in [0.25, 0.3) is 0 Å². The van der Waals surface area contributed by atoms with Crippen LogP contribution in [-0.4, -0.2) is 18.8 Å². The highest BCUT2D eigenvalue weighted by atomic mass is 35.5. The van der Waals surface area contributed by atoms with Gasteiger partial charge >= 0.3 is 12.1 Å². The van der Waals surface area contributed by atoms with Crippen LogP contribution < -0.4 is 10.5 Å². The lowest BCUT2D eigenvalue weighted by molar-refractivity contribution is -0.142. The highest BCUT2D eigenvalue weighted by Gasteiger charge is 2.31. The second kappa shape index (κ2) is 8.75. The molecule has 0 heterocycles. The summed E-state index contributed by atoms with van der Waals surface area (Å²) in [5.74, 6) is -0.108. The molecular formula is C18H17ClF3NO3S. The Morgan fingerprint density at radius 1 is 1.26 bits per heavy atom. The lowest BCUT2D eigenvalue weighted by atomic mass is 10.1. The maximum atomic E-state index is 12.7. The quantitative estimate of drug-likeness (QED) is 0.480. The van der Waals surface area contributed by atoms with Crippen LogP contribution in [-0.2, 0) is 15.7 Å². The van der Waals surface area contributed by atoms with Crippen molar-refractivity contribution in [1.82, 2.24) is 0 Å². The van der Waals surface area contributed by atoms with Gasteiger partial charge in [0.15, 0.2) is 0 Å². The second-order valence-electron chi connectivity index (χ2n) is 5.40. The smallest absolute Gasteiger partial charge is 0.416 e. The molecule has 9 heteroatoms. The van der Waals surface area contributed by atoms with E-state index >= 15 is 0 Å². The molecule has 1 atom stereocenters. The molecule has 27 heavy (non-hydrogen) atoms. The number of thioether (sulfide) groups is 1. The monoisotopic (exact) mass is 419 g/mol. The van der Waals surface area contributed by atoms with Gasteiger partial charge in [-0.3, -0.25) is 4.79 Å². The Morgan fingerprint density at radius 2 is 1.96 bits per heavy atom. The van der Waals surface area contributed by atoms with Gasteiger partial charge in [0.05, 0.1) is 17.2 Å². The standard InChI is InChI=1S/C18H17ClF3NO3S/c1-3-25-17(24)16(27-2)12-9-11(5-6-14(12)23)26-15-7-4-10(8-13(15)19)18(20,21)22/h4-9,16H,3,23H2,1-2H3. The van der Waals surface area contributed by atoms with E-state index in [1.165, 1.54) is 17.8 Å². The van der Waals surface area contributed by atoms with E-state index in [9.17, 15) is 18.0 Å². The maximum absolute atomic E-state index is 12.7. The first kappa shape index (κ1) is 21.2. The maximum Gasteiger partial charge on any atom is 0.416 e. The fourth-order valence-corrected chi connectivity index (χ4v) is 3.24. The van der Waals surface area contributed by atoms with Gasteiger partial charge in [-0.05, 0) is 49.6 Å². The van der Waals surface area contributed by atoms with Crippen LogP contribution in [0, 0.1) is 0 Å². The molecule has 0 amide bonds. The first-order valence-corrected chi connectivity index (χ1v) is 9.47. The summed E-state index contributed by atoms with van der Waals surface area (Å²) in [6.07, 6.45) is -2.76. The number of halogens is 4. The zero-order valence-electron chi connectivity index (χ0n) is 14.5. The Labute approximate surface area is 163 Å². The zero-order chi connectivity index (χ0) is 20.2. The summed E-state index contributed by atoms with van der Waals surface area (Å²) in [6.45, 7) is 1.93. The molecule has 0 aliphatic heterocycles. The topological polar surface area (TPSA) is 61.5 Å². The van der Waals surface area contributed by atoms with E-state index in [2.05, 4.69) is 0 Å². The molecule has 0 fully saturated rings. The number of ether oxygens (including phenoxy) is 2. The van der Waals surface area contributed by atoms with Crippen LogP contribution in [0.4, 0.5) is 18.9 Å². The van der Waals surface area contributed by atoms with Crippen LogP contribution in [0.2, 0.25) is 5.02 Å². The minimum absolute atomic E-state index is 0.0530. The van der Waals surface area contributed by atoms with E-state index in [0.717, 1.165) is 18.2 Å². The molecule has 4 nitrogen and oxygen atoms in total. The number of hydrogen-bond donors (Lipinski definition) is 1. The van der Waals surface area contributed by atoms with E-state index in [0.29, 0.717) is 11.3 Å². The third-order valence-corrected chi connectivity index (χ3v) is 4.78. The number of carbonyl (C=O) groups is 1. The van der Waals surface area contributed by atoms with Crippen molar-refractivity contribution < 1.29 is 27.4 Å². The number of alkyl halides is 3. The summed E-state index contributed by atoms with van der Waals surface area (Å²) in [5, 5.41) is -0.841. The highest BCUT2D eigenvalue weighted by molar-refractivity contribution is 7.99. The van der Waals surface area contributed by atoms with Crippen molar-refractivity contribution >= 4 is 35.0 Å². The van der Waals surface area contributed by atoms with Gasteiger partial charge in [0.2, 0.25) is 0 Å². The number of nitrogens with two attached hydrogens (primary N) is 1. The molecule has 2 aromatic carbocycles. The Balaban J connectivity index is 2.32. The number of rotatable bonds is 6. The SMILES string of the molecule is CCOC(=O)C(SC)c1cc(Oc2ccc(C(F)(F)F)cc2Cl)ccc1N. The van der Waals surface area contributed by atoms with Gasteiger partial charge in [-0.1, -0.05) is 11.6 Å². The Bertz CT molecular complexity index is 830. The van der Waals surface area contributed by atoms with Crippen molar-refractivity contribution in [3.8, 4) is 11.5 Å². The predicted octanol–water partition coefficient (Wildman–Crippen LogP) is 5.70. The van der Waals surface area contributed by atoms with Crippen molar-refractivity contribution in [2.75, 3.05) is 18.6 Å². The molecule has 0 saturated carbocycles. The van der Waals surface area contributed by atoms with E-state index in [-0.39, 0.29) is 23.1 Å². The summed E-state index contributed by atoms with van der Waals surface area (Å²) in [7, 11) is 0. The number of nitrogen functional groups attached to an aromatic ring is 1. The summed E-state index contributed by atoms with van der Waals surface area (Å²) < 4.78 is 48.8. The molecule has 2 rings (SSSR count). The summed E-state index contributed by atoms with van der Waals surface area (Å²) >= 11 is 7.16. The number of benzene rings is 2. The number of anilines is 1. The third kappa shape index (κ3) is 5.23. The Morgan fingerprint density at radius 3 is 2.52 bits per heavy atom. The molecule has 0 aromatic heterocycles. The molecule has 0 saturated heterocycles. The first-order chi connectivity index (χ1) is 12.7. The van der Waals surface area contributed by atoms with Crippen molar-refractivity contribution in [2.45, 2.75) is 18.3 Å². The first-order valence-electron chi connectivity index (χ1n) is 7.80. The van der Waals surface area contributed by atoms with Gasteiger partial charge in [-0.25, -0.2) is 0 Å². The largest absolute Gasteiger partial charge is 0.465 e. The van der Waals surface area contributed by atoms with Crippen LogP contribution in [0.25, 0.3) is 0 Å². The number of carbonyl (C=O) groups excluding carboxylic acids is 1. The van der Waals surface area contributed by atoms with E-state index < -0.39 is 23.0 Å². The van der Waals surface area contributed by atoms with Gasteiger partial charge < -0.3 is 15.2 Å². The molecule has 0 aliphatic carbocycles. The fourth-order valence-electron chi connectivity index (χ4n) is 2.30. The van der Waals surface area contributed by atoms with Gasteiger partial charge in [-0.15, -0.1) is 11.8 Å². The second-order valence-corrected chi connectivity index (χ2v) is 6.75. The number of hydrogen-bond acceptors (Lipinski definition) is 5. The Kier molecular flexibility index (Phi) is 6.89. The Hall–Kier alpha value is -2.06. The van der Waals surface area contributed by atoms with E-state index in [1.54, 1.807) is 25.3 Å². The summed E-state index contributed by atoms with van der Waals surface area (Å²) in [6, 6.07) is 7.43. The van der Waals surface area contributed by atoms with Gasteiger partial charge in [0, 0.05) is 11.3 Å². The molecule has 2 aromatic rings. The molecule has 146 valence electrons. The minimum Gasteiger partial charge on any atom is -0.465 e. The summed E-state index contributed by atoms with van der Waals surface area (Å²) in [4.78, 5) is 12.1. The van der Waals surface area contributed by atoms with Crippen molar-refractivity contribution in [3.63, 3.8) is 0 Å². The fraction of sp³-hybridized carbons (Fsp3) is 0.278. The highest BCUT2D eigenvalue weighted by Crippen LogP contribution is 2.39. The predicted molar refractivity (Wildman–Crippen MR) is 100 cm³/mol. The zero-order valence-corrected chi connectivity index (χ0v) is 16.0. The van der Waals surface area contributed by atoms with Crippen LogP contribution in [0.5, 0.6) is 11.5 Å². The molecule has 0 bridgehead atoms. The minimum atomic E-state index is -4.50. The van der Waals surface area contributed by atoms with Crippen LogP contribution >= 0.6 is 23.4 Å². The van der Waals surface area contributed by atoms with Crippen LogP contribution in [0.3, 0.4) is 0 Å². The molecule has 1 unspecified atom stereocenters. The van der Waals surface area contributed by atoms with E-state index in [4.69, 9.17) is 26.8 Å². The summed E-state index contributed by atoms with van der Waals surface area (Å²) in [5.41, 5.74) is 5.95. The average molecular weight is 420 g/mol. The number of esters is 1. The van der Waals surface area contributed by atoms with Gasteiger partial charge in [-0.2, -0.15) is 13.2 Å². The third-order valence-electron chi connectivity index (χ3n) is 3.56. The van der Waals surface area contributed by atoms with Crippen LogP contribution in [0.15, 0.2) is 36.4 Å².